The SMILES string of the molecule is CC(=O)Nc1ncc(CN2C[C@H](Nc3ccc(C#N)cn3)[C@H]2C)s1. The van der Waals surface area contributed by atoms with Crippen molar-refractivity contribution in [3.63, 3.8) is 0 Å². The quantitative estimate of drug-likeness (QED) is 0.864. The van der Waals surface area contributed by atoms with Crippen LogP contribution in [0, 0.1) is 11.3 Å². The number of nitriles is 1. The van der Waals surface area contributed by atoms with Crippen LogP contribution in [-0.2, 0) is 11.3 Å². The number of anilines is 2. The van der Waals surface area contributed by atoms with Crippen molar-refractivity contribution in [2.75, 3.05) is 17.2 Å². The molecule has 24 heavy (non-hydrogen) atoms. The van der Waals surface area contributed by atoms with E-state index in [9.17, 15) is 4.79 Å². The molecule has 8 heteroatoms. The molecule has 1 saturated heterocycles. The van der Waals surface area contributed by atoms with Crippen molar-refractivity contribution >= 4 is 28.2 Å². The first-order chi connectivity index (χ1) is 11.5. The number of aromatic nitrogens is 2. The van der Waals surface area contributed by atoms with Gasteiger partial charge in [0.25, 0.3) is 0 Å². The van der Waals surface area contributed by atoms with E-state index in [1.165, 1.54) is 18.3 Å². The Morgan fingerprint density at radius 1 is 1.46 bits per heavy atom. The van der Waals surface area contributed by atoms with Crippen molar-refractivity contribution in [3.8, 4) is 6.07 Å². The maximum absolute atomic E-state index is 11.0. The van der Waals surface area contributed by atoms with Gasteiger partial charge in [-0.25, -0.2) is 9.97 Å². The number of rotatable bonds is 5. The molecule has 7 nitrogen and oxygen atoms in total. The van der Waals surface area contributed by atoms with E-state index < -0.39 is 0 Å². The number of nitrogens with one attached hydrogen (secondary N) is 2. The summed E-state index contributed by atoms with van der Waals surface area (Å²) in [6.45, 7) is 5.38. The number of amides is 1. The minimum atomic E-state index is -0.104. The molecule has 0 saturated carbocycles. The third-order valence-corrected chi connectivity index (χ3v) is 4.91. The van der Waals surface area contributed by atoms with Crippen LogP contribution in [0.2, 0.25) is 0 Å². The Morgan fingerprint density at radius 2 is 2.29 bits per heavy atom. The van der Waals surface area contributed by atoms with Gasteiger partial charge in [0, 0.05) is 43.3 Å². The Hall–Kier alpha value is -2.50. The molecule has 2 N–H and O–H groups in total. The molecule has 2 aromatic heterocycles. The summed E-state index contributed by atoms with van der Waals surface area (Å²) in [6.07, 6.45) is 3.38. The number of hydrogen-bond donors (Lipinski definition) is 2. The number of pyridine rings is 1. The van der Waals surface area contributed by atoms with E-state index in [1.807, 2.05) is 12.3 Å². The summed E-state index contributed by atoms with van der Waals surface area (Å²) < 4.78 is 0. The molecule has 0 bridgehead atoms. The number of likely N-dealkylation sites (tertiary alicyclic amines) is 1. The van der Waals surface area contributed by atoms with Crippen molar-refractivity contribution in [1.82, 2.24) is 14.9 Å². The molecule has 1 amide bonds. The fourth-order valence-electron chi connectivity index (χ4n) is 2.59. The van der Waals surface area contributed by atoms with Crippen LogP contribution in [0.1, 0.15) is 24.3 Å². The highest BCUT2D eigenvalue weighted by Gasteiger charge is 2.35. The topological polar surface area (TPSA) is 93.9 Å². The first kappa shape index (κ1) is 16.4. The summed E-state index contributed by atoms with van der Waals surface area (Å²) >= 11 is 1.50. The zero-order valence-corrected chi connectivity index (χ0v) is 14.3. The Morgan fingerprint density at radius 3 is 2.92 bits per heavy atom. The summed E-state index contributed by atoms with van der Waals surface area (Å²) in [4.78, 5) is 22.9. The Labute approximate surface area is 144 Å². The lowest BCUT2D eigenvalue weighted by atomic mass is 9.98. The average molecular weight is 342 g/mol. The van der Waals surface area contributed by atoms with E-state index >= 15 is 0 Å². The monoisotopic (exact) mass is 342 g/mol. The molecule has 0 aromatic carbocycles. The molecule has 0 radical (unpaired) electrons. The lowest BCUT2D eigenvalue weighted by Crippen LogP contribution is -2.61. The first-order valence-electron chi connectivity index (χ1n) is 7.64. The van der Waals surface area contributed by atoms with Crippen molar-refractivity contribution < 1.29 is 4.79 Å². The molecule has 1 fully saturated rings. The van der Waals surface area contributed by atoms with Crippen molar-refractivity contribution in [2.45, 2.75) is 32.5 Å². The highest BCUT2D eigenvalue weighted by Crippen LogP contribution is 2.27. The summed E-state index contributed by atoms with van der Waals surface area (Å²) in [7, 11) is 0. The second-order valence-electron chi connectivity index (χ2n) is 5.78. The Kier molecular flexibility index (Phi) is 4.74. The lowest BCUT2D eigenvalue weighted by molar-refractivity contribution is -0.114. The fraction of sp³-hybridized carbons (Fsp3) is 0.375. The third-order valence-electron chi connectivity index (χ3n) is 4.01. The van der Waals surface area contributed by atoms with Gasteiger partial charge in [0.05, 0.1) is 11.6 Å². The smallest absolute Gasteiger partial charge is 0.223 e. The fourth-order valence-corrected chi connectivity index (χ4v) is 3.47. The standard InChI is InChI=1S/C16H18N6OS/c1-10-14(21-15-4-3-12(5-17)6-18-15)9-22(10)8-13-7-19-16(24-13)20-11(2)23/h3-4,6-7,10,14H,8-9H2,1-2H3,(H,18,21)(H,19,20,23)/t10-,14+/m1/s1. The van der Waals surface area contributed by atoms with E-state index in [1.54, 1.807) is 12.3 Å². The van der Waals surface area contributed by atoms with Gasteiger partial charge in [0.1, 0.15) is 11.9 Å². The number of nitrogens with zero attached hydrogens (tertiary/aromatic N) is 4. The van der Waals surface area contributed by atoms with Gasteiger partial charge in [0.2, 0.25) is 5.91 Å². The molecule has 1 aliphatic heterocycles. The summed E-state index contributed by atoms with van der Waals surface area (Å²) in [6, 6.07) is 6.35. The maximum atomic E-state index is 11.0. The van der Waals surface area contributed by atoms with Crippen molar-refractivity contribution in [1.29, 1.82) is 5.26 Å². The van der Waals surface area contributed by atoms with Gasteiger partial charge in [-0.3, -0.25) is 9.69 Å². The van der Waals surface area contributed by atoms with Crippen molar-refractivity contribution in [2.24, 2.45) is 0 Å². The molecule has 1 aliphatic rings. The molecular weight excluding hydrogens is 324 g/mol. The predicted octanol–water partition coefficient (Wildman–Crippen LogP) is 2.05. The van der Waals surface area contributed by atoms with Gasteiger partial charge in [-0.15, -0.1) is 11.3 Å². The Bertz CT molecular complexity index is 766. The predicted molar refractivity (Wildman–Crippen MR) is 92.7 cm³/mol. The minimum Gasteiger partial charge on any atom is -0.364 e. The van der Waals surface area contributed by atoms with E-state index in [4.69, 9.17) is 5.26 Å². The molecule has 2 aromatic rings. The van der Waals surface area contributed by atoms with Crippen LogP contribution >= 0.6 is 11.3 Å². The van der Waals surface area contributed by atoms with Gasteiger partial charge in [-0.05, 0) is 19.1 Å². The van der Waals surface area contributed by atoms with E-state index in [2.05, 4.69) is 38.5 Å². The first-order valence-corrected chi connectivity index (χ1v) is 8.46. The zero-order chi connectivity index (χ0) is 17.1. The lowest BCUT2D eigenvalue weighted by Gasteiger charge is -2.46. The highest BCUT2D eigenvalue weighted by atomic mass is 32.1. The van der Waals surface area contributed by atoms with Gasteiger partial charge in [-0.2, -0.15) is 5.26 Å². The Balaban J connectivity index is 1.51. The third kappa shape index (κ3) is 3.69. The van der Waals surface area contributed by atoms with Gasteiger partial charge in [0.15, 0.2) is 5.13 Å². The molecular formula is C16H18N6OS. The summed E-state index contributed by atoms with van der Waals surface area (Å²) in [5.74, 6) is 0.684. The van der Waals surface area contributed by atoms with Crippen LogP contribution in [0.5, 0.6) is 0 Å². The molecule has 3 rings (SSSR count). The highest BCUT2D eigenvalue weighted by molar-refractivity contribution is 7.15. The molecule has 0 unspecified atom stereocenters. The number of hydrogen-bond acceptors (Lipinski definition) is 7. The minimum absolute atomic E-state index is 0.104. The van der Waals surface area contributed by atoms with Gasteiger partial charge in [-0.1, -0.05) is 0 Å². The second-order valence-corrected chi connectivity index (χ2v) is 6.89. The van der Waals surface area contributed by atoms with Gasteiger partial charge < -0.3 is 10.6 Å². The largest absolute Gasteiger partial charge is 0.364 e. The van der Waals surface area contributed by atoms with Crippen LogP contribution in [0.4, 0.5) is 10.9 Å². The molecule has 124 valence electrons. The second kappa shape index (κ2) is 6.95. The van der Waals surface area contributed by atoms with Crippen LogP contribution < -0.4 is 10.6 Å². The maximum Gasteiger partial charge on any atom is 0.223 e. The van der Waals surface area contributed by atoms with Crippen LogP contribution in [-0.4, -0.2) is 39.4 Å². The number of carbonyl (C=O) groups is 1. The van der Waals surface area contributed by atoms with Crippen LogP contribution in [0.25, 0.3) is 0 Å². The van der Waals surface area contributed by atoms with E-state index in [-0.39, 0.29) is 5.91 Å². The number of thiazole rings is 1. The summed E-state index contributed by atoms with van der Waals surface area (Å²) in [5.41, 5.74) is 0.559. The van der Waals surface area contributed by atoms with E-state index in [0.29, 0.717) is 22.8 Å². The molecule has 0 spiro atoms. The average Bonchev–Trinajstić information content (AvgIpc) is 3.00. The number of carbonyl (C=O) groups excluding carboxylic acids is 1. The summed E-state index contributed by atoms with van der Waals surface area (Å²) in [5, 5.41) is 15.5. The molecule has 0 aliphatic carbocycles. The van der Waals surface area contributed by atoms with Crippen LogP contribution in [0.15, 0.2) is 24.5 Å². The molecule has 2 atom stereocenters. The van der Waals surface area contributed by atoms with E-state index in [0.717, 1.165) is 23.8 Å². The normalized spacial score (nSPS) is 20.0. The van der Waals surface area contributed by atoms with Crippen LogP contribution in [0.3, 0.4) is 0 Å². The zero-order valence-electron chi connectivity index (χ0n) is 13.5. The van der Waals surface area contributed by atoms with Gasteiger partial charge >= 0.3 is 0 Å². The molecule has 3 heterocycles. The van der Waals surface area contributed by atoms with Crippen molar-refractivity contribution in [3.05, 3.63) is 35.0 Å².